The fourth-order valence-electron chi connectivity index (χ4n) is 2.74. The van der Waals surface area contributed by atoms with Crippen molar-refractivity contribution in [3.05, 3.63) is 66.6 Å². The van der Waals surface area contributed by atoms with E-state index in [4.69, 9.17) is 9.15 Å². The van der Waals surface area contributed by atoms with Crippen molar-refractivity contribution in [1.29, 1.82) is 0 Å². The van der Waals surface area contributed by atoms with Crippen molar-refractivity contribution >= 4 is 5.69 Å². The van der Waals surface area contributed by atoms with Gasteiger partial charge < -0.3 is 14.1 Å². The van der Waals surface area contributed by atoms with Gasteiger partial charge in [-0.3, -0.25) is 0 Å². The second-order valence-corrected chi connectivity index (χ2v) is 6.16. The van der Waals surface area contributed by atoms with Gasteiger partial charge in [-0.1, -0.05) is 18.2 Å². The molecule has 0 saturated heterocycles. The first kappa shape index (κ1) is 17.1. The van der Waals surface area contributed by atoms with E-state index in [2.05, 4.69) is 48.0 Å². The monoisotopic (exact) mass is 336 g/mol. The van der Waals surface area contributed by atoms with Crippen LogP contribution in [-0.4, -0.2) is 17.6 Å². The molecule has 0 spiro atoms. The van der Waals surface area contributed by atoms with Crippen LogP contribution < -0.4 is 9.64 Å². The Hall–Kier alpha value is -2.75. The van der Waals surface area contributed by atoms with E-state index >= 15 is 0 Å². The summed E-state index contributed by atoms with van der Waals surface area (Å²) in [5.74, 6) is 1.49. The van der Waals surface area contributed by atoms with Gasteiger partial charge in [0, 0.05) is 17.3 Å². The van der Waals surface area contributed by atoms with Gasteiger partial charge in [0.25, 0.3) is 0 Å². The molecule has 4 nitrogen and oxygen atoms in total. The zero-order chi connectivity index (χ0) is 17.6. The van der Waals surface area contributed by atoms with E-state index in [-0.39, 0.29) is 0 Å². The number of oxazole rings is 1. The molecule has 3 rings (SSSR count). The van der Waals surface area contributed by atoms with Crippen LogP contribution in [0.3, 0.4) is 0 Å². The minimum atomic E-state index is 0.369. The highest BCUT2D eigenvalue weighted by atomic mass is 16.5. The third-order valence-electron chi connectivity index (χ3n) is 4.01. The molecule has 130 valence electrons. The van der Waals surface area contributed by atoms with E-state index in [0.29, 0.717) is 25.1 Å². The zero-order valence-electron chi connectivity index (χ0n) is 15.0. The average molecular weight is 336 g/mol. The summed E-state index contributed by atoms with van der Waals surface area (Å²) in [4.78, 5) is 6.96. The molecule has 3 aromatic rings. The van der Waals surface area contributed by atoms with Crippen molar-refractivity contribution in [1.82, 2.24) is 4.98 Å². The van der Waals surface area contributed by atoms with Gasteiger partial charge >= 0.3 is 0 Å². The Morgan fingerprint density at radius 1 is 1.04 bits per heavy atom. The summed E-state index contributed by atoms with van der Waals surface area (Å²) in [6.07, 6.45) is 1.74. The first-order valence-corrected chi connectivity index (χ1v) is 8.66. The SMILES string of the molecule is CCOc1ccc(-c2nc(CN(c3ccccc3)C(C)C)co2)cc1. The molecule has 4 heteroatoms. The van der Waals surface area contributed by atoms with Gasteiger partial charge in [0.1, 0.15) is 12.0 Å². The summed E-state index contributed by atoms with van der Waals surface area (Å²) in [7, 11) is 0. The standard InChI is InChI=1S/C21H24N2O2/c1-4-24-20-12-10-17(11-13-20)21-22-18(15-25-21)14-23(16(2)3)19-8-6-5-7-9-19/h5-13,15-16H,4,14H2,1-3H3. The predicted molar refractivity (Wildman–Crippen MR) is 101 cm³/mol. The molecule has 0 aliphatic carbocycles. The summed E-state index contributed by atoms with van der Waals surface area (Å²) >= 11 is 0. The minimum absolute atomic E-state index is 0.369. The summed E-state index contributed by atoms with van der Waals surface area (Å²) in [6.45, 7) is 7.71. The quantitative estimate of drug-likeness (QED) is 0.598. The Kier molecular flexibility index (Phi) is 5.39. The molecule has 0 radical (unpaired) electrons. The Balaban J connectivity index is 1.76. The van der Waals surface area contributed by atoms with Crippen molar-refractivity contribution in [3.8, 4) is 17.2 Å². The van der Waals surface area contributed by atoms with Crippen LogP contribution in [0.25, 0.3) is 11.5 Å². The van der Waals surface area contributed by atoms with Crippen LogP contribution in [0.5, 0.6) is 5.75 Å². The largest absolute Gasteiger partial charge is 0.494 e. The molecule has 1 heterocycles. The van der Waals surface area contributed by atoms with Crippen molar-refractivity contribution in [2.24, 2.45) is 0 Å². The highest BCUT2D eigenvalue weighted by Crippen LogP contribution is 2.24. The summed E-state index contributed by atoms with van der Waals surface area (Å²) in [6, 6.07) is 18.6. The molecule has 0 unspecified atom stereocenters. The number of anilines is 1. The van der Waals surface area contributed by atoms with E-state index in [9.17, 15) is 0 Å². The van der Waals surface area contributed by atoms with E-state index in [0.717, 1.165) is 17.0 Å². The lowest BCUT2D eigenvalue weighted by Crippen LogP contribution is -2.30. The molecule has 0 N–H and O–H groups in total. The number of ether oxygens (including phenoxy) is 1. The van der Waals surface area contributed by atoms with Crippen molar-refractivity contribution in [2.75, 3.05) is 11.5 Å². The van der Waals surface area contributed by atoms with Gasteiger partial charge in [-0.15, -0.1) is 0 Å². The van der Waals surface area contributed by atoms with Crippen LogP contribution in [0.4, 0.5) is 5.69 Å². The van der Waals surface area contributed by atoms with Crippen molar-refractivity contribution < 1.29 is 9.15 Å². The Morgan fingerprint density at radius 3 is 2.40 bits per heavy atom. The lowest BCUT2D eigenvalue weighted by molar-refractivity contribution is 0.340. The molecule has 0 bridgehead atoms. The number of aromatic nitrogens is 1. The maximum atomic E-state index is 5.69. The summed E-state index contributed by atoms with van der Waals surface area (Å²) < 4.78 is 11.2. The van der Waals surface area contributed by atoms with Gasteiger partial charge in [-0.2, -0.15) is 0 Å². The molecule has 0 aliphatic rings. The van der Waals surface area contributed by atoms with Crippen LogP contribution in [0, 0.1) is 0 Å². The lowest BCUT2D eigenvalue weighted by atomic mass is 10.2. The van der Waals surface area contributed by atoms with E-state index < -0.39 is 0 Å². The van der Waals surface area contributed by atoms with Crippen LogP contribution in [0.2, 0.25) is 0 Å². The number of hydrogen-bond donors (Lipinski definition) is 0. The number of rotatable bonds is 7. The first-order chi connectivity index (χ1) is 12.2. The third kappa shape index (κ3) is 4.21. The lowest BCUT2D eigenvalue weighted by Gasteiger charge is -2.28. The normalized spacial score (nSPS) is 10.9. The molecule has 0 saturated carbocycles. The van der Waals surface area contributed by atoms with Gasteiger partial charge in [0.2, 0.25) is 5.89 Å². The van der Waals surface area contributed by atoms with Gasteiger partial charge in [-0.25, -0.2) is 4.98 Å². The number of hydrogen-bond acceptors (Lipinski definition) is 4. The maximum absolute atomic E-state index is 5.69. The number of para-hydroxylation sites is 1. The Morgan fingerprint density at radius 2 is 1.76 bits per heavy atom. The summed E-state index contributed by atoms with van der Waals surface area (Å²) in [5.41, 5.74) is 3.05. The van der Waals surface area contributed by atoms with Crippen molar-refractivity contribution in [3.63, 3.8) is 0 Å². The molecule has 0 atom stereocenters. The van der Waals surface area contributed by atoms with Crippen LogP contribution >= 0.6 is 0 Å². The molecular weight excluding hydrogens is 312 g/mol. The molecular formula is C21H24N2O2. The van der Waals surface area contributed by atoms with E-state index in [1.54, 1.807) is 6.26 Å². The molecule has 25 heavy (non-hydrogen) atoms. The molecule has 1 aromatic heterocycles. The minimum Gasteiger partial charge on any atom is -0.494 e. The Bertz CT molecular complexity index is 779. The Labute approximate surface area is 149 Å². The molecule has 0 fully saturated rings. The number of nitrogens with zero attached hydrogens (tertiary/aromatic N) is 2. The highest BCUT2D eigenvalue weighted by molar-refractivity contribution is 5.55. The molecule has 0 amide bonds. The average Bonchev–Trinajstić information content (AvgIpc) is 3.10. The fraction of sp³-hybridized carbons (Fsp3) is 0.286. The number of benzene rings is 2. The second kappa shape index (κ2) is 7.88. The predicted octanol–water partition coefficient (Wildman–Crippen LogP) is 5.16. The third-order valence-corrected chi connectivity index (χ3v) is 4.01. The van der Waals surface area contributed by atoms with Gasteiger partial charge in [0.15, 0.2) is 0 Å². The molecule has 0 aliphatic heterocycles. The van der Waals surface area contributed by atoms with Crippen LogP contribution in [-0.2, 0) is 6.54 Å². The van der Waals surface area contributed by atoms with Crippen LogP contribution in [0.15, 0.2) is 65.3 Å². The first-order valence-electron chi connectivity index (χ1n) is 8.66. The second-order valence-electron chi connectivity index (χ2n) is 6.16. The van der Waals surface area contributed by atoms with Crippen LogP contribution in [0.1, 0.15) is 26.5 Å². The van der Waals surface area contributed by atoms with E-state index in [1.165, 1.54) is 5.69 Å². The van der Waals surface area contributed by atoms with Gasteiger partial charge in [0.05, 0.1) is 18.8 Å². The van der Waals surface area contributed by atoms with Crippen molar-refractivity contribution in [2.45, 2.75) is 33.4 Å². The highest BCUT2D eigenvalue weighted by Gasteiger charge is 2.14. The maximum Gasteiger partial charge on any atom is 0.226 e. The smallest absolute Gasteiger partial charge is 0.226 e. The fourth-order valence-corrected chi connectivity index (χ4v) is 2.74. The van der Waals surface area contributed by atoms with E-state index in [1.807, 2.05) is 37.3 Å². The van der Waals surface area contributed by atoms with Gasteiger partial charge in [-0.05, 0) is 57.2 Å². The summed E-state index contributed by atoms with van der Waals surface area (Å²) in [5, 5.41) is 0. The molecule has 2 aromatic carbocycles. The zero-order valence-corrected chi connectivity index (χ0v) is 15.0. The topological polar surface area (TPSA) is 38.5 Å².